The number of methoxy groups -OCH3 is 1. The summed E-state index contributed by atoms with van der Waals surface area (Å²) in [6, 6.07) is 16.1. The van der Waals surface area contributed by atoms with Gasteiger partial charge in [-0.2, -0.15) is 13.2 Å². The summed E-state index contributed by atoms with van der Waals surface area (Å²) in [4.78, 5) is 28.8. The Morgan fingerprint density at radius 3 is 2.07 bits per heavy atom. The van der Waals surface area contributed by atoms with Gasteiger partial charge in [0.25, 0.3) is 0 Å². The van der Waals surface area contributed by atoms with Gasteiger partial charge in [0.05, 0.1) is 30.8 Å². The minimum atomic E-state index is -4.64. The molecule has 3 aromatic carbocycles. The molecular weight excluding hydrogens is 632 g/mol. The molecule has 5 rings (SSSR count). The maximum absolute atomic E-state index is 14.9. The highest BCUT2D eigenvalue weighted by Crippen LogP contribution is 2.46. The topological polar surface area (TPSA) is 91.9 Å². The first-order chi connectivity index (χ1) is 21.4. The molecule has 13 heteroatoms. The first-order valence-electron chi connectivity index (χ1n) is 14.4. The first kappa shape index (κ1) is 33.2. The SMILES string of the molecule is CCOc1cc(C(F)(F)F)ccc1C1(C(=O)C(CN2CCNC(=O)C2)OC)NC(c2ccc(Cl)cc2)C(c2ccc(Cl)cc2)N1. The number of amides is 1. The van der Waals surface area contributed by atoms with E-state index in [2.05, 4.69) is 16.0 Å². The quantitative estimate of drug-likeness (QED) is 0.273. The highest BCUT2D eigenvalue weighted by atomic mass is 35.5. The third-order valence-corrected chi connectivity index (χ3v) is 8.54. The maximum Gasteiger partial charge on any atom is 0.416 e. The van der Waals surface area contributed by atoms with E-state index in [0.717, 1.165) is 23.3 Å². The molecule has 2 heterocycles. The van der Waals surface area contributed by atoms with Gasteiger partial charge in [-0.1, -0.05) is 53.5 Å². The van der Waals surface area contributed by atoms with Crippen LogP contribution in [-0.2, 0) is 26.2 Å². The van der Waals surface area contributed by atoms with Gasteiger partial charge in [-0.05, 0) is 54.4 Å². The number of alkyl halides is 3. The Labute approximate surface area is 269 Å². The lowest BCUT2D eigenvalue weighted by molar-refractivity contribution is -0.139. The lowest BCUT2D eigenvalue weighted by atomic mass is 9.89. The van der Waals surface area contributed by atoms with Gasteiger partial charge in [-0.25, -0.2) is 0 Å². The highest BCUT2D eigenvalue weighted by molar-refractivity contribution is 6.30. The Morgan fingerprint density at radius 1 is 1.00 bits per heavy atom. The molecule has 45 heavy (non-hydrogen) atoms. The molecule has 0 aliphatic carbocycles. The van der Waals surface area contributed by atoms with Crippen molar-refractivity contribution in [3.63, 3.8) is 0 Å². The number of benzene rings is 3. The molecule has 2 fully saturated rings. The van der Waals surface area contributed by atoms with E-state index >= 15 is 0 Å². The standard InChI is InChI=1S/C32H33Cl2F3N4O4/c1-3-45-25-16-21(32(35,36)37)8-13-24(25)31(30(43)26(44-2)17-41-15-14-38-27(42)18-41)39-28(19-4-9-22(33)10-5-19)29(40-31)20-6-11-23(34)12-7-20/h4-13,16,26,28-29,39-40H,3,14-15,17-18H2,1-2H3,(H,38,42). The zero-order valence-electron chi connectivity index (χ0n) is 24.6. The van der Waals surface area contributed by atoms with Gasteiger partial charge in [0, 0.05) is 42.4 Å². The summed E-state index contributed by atoms with van der Waals surface area (Å²) in [6.45, 7) is 2.77. The molecule has 8 nitrogen and oxygen atoms in total. The Morgan fingerprint density at radius 2 is 1.58 bits per heavy atom. The fraction of sp³-hybridized carbons (Fsp3) is 0.375. The monoisotopic (exact) mass is 664 g/mol. The van der Waals surface area contributed by atoms with Gasteiger partial charge in [-0.3, -0.25) is 25.1 Å². The second-order valence-electron chi connectivity index (χ2n) is 10.9. The van der Waals surface area contributed by atoms with Crippen LogP contribution in [0, 0.1) is 0 Å². The molecule has 0 radical (unpaired) electrons. The summed E-state index contributed by atoms with van der Waals surface area (Å²) in [7, 11) is 1.39. The first-order valence-corrected chi connectivity index (χ1v) is 15.2. The van der Waals surface area contributed by atoms with Crippen molar-refractivity contribution in [1.82, 2.24) is 20.9 Å². The number of nitrogens with one attached hydrogen (secondary N) is 3. The predicted octanol–water partition coefficient (Wildman–Crippen LogP) is 5.26. The van der Waals surface area contributed by atoms with E-state index in [1.165, 1.54) is 13.2 Å². The zero-order chi connectivity index (χ0) is 32.4. The molecular formula is C32H33Cl2F3N4O4. The van der Waals surface area contributed by atoms with Crippen molar-refractivity contribution in [1.29, 1.82) is 0 Å². The number of halogens is 5. The fourth-order valence-electron chi connectivity index (χ4n) is 5.87. The third kappa shape index (κ3) is 7.14. The number of nitrogens with zero attached hydrogens (tertiary/aromatic N) is 1. The number of ether oxygens (including phenoxy) is 2. The van der Waals surface area contributed by atoms with E-state index in [0.29, 0.717) is 23.1 Å². The van der Waals surface area contributed by atoms with Gasteiger partial charge in [-0.15, -0.1) is 0 Å². The summed E-state index contributed by atoms with van der Waals surface area (Å²) >= 11 is 12.4. The molecule has 0 saturated carbocycles. The van der Waals surface area contributed by atoms with E-state index in [4.69, 9.17) is 32.7 Å². The normalized spacial score (nSPS) is 23.0. The van der Waals surface area contributed by atoms with Crippen molar-refractivity contribution in [3.8, 4) is 5.75 Å². The predicted molar refractivity (Wildman–Crippen MR) is 164 cm³/mol. The summed E-state index contributed by atoms with van der Waals surface area (Å²) in [5.41, 5.74) is -0.999. The molecule has 0 spiro atoms. The molecule has 3 N–H and O–H groups in total. The summed E-state index contributed by atoms with van der Waals surface area (Å²) in [5, 5.41) is 10.7. The van der Waals surface area contributed by atoms with E-state index < -0.39 is 41.4 Å². The van der Waals surface area contributed by atoms with Crippen molar-refractivity contribution in [3.05, 3.63) is 99.0 Å². The van der Waals surface area contributed by atoms with Gasteiger partial charge >= 0.3 is 6.18 Å². The van der Waals surface area contributed by atoms with Crippen LogP contribution in [0.1, 0.15) is 41.3 Å². The molecule has 0 bridgehead atoms. The van der Waals surface area contributed by atoms with E-state index in [1.54, 1.807) is 36.1 Å². The van der Waals surface area contributed by atoms with Gasteiger partial charge in [0.15, 0.2) is 5.66 Å². The molecule has 3 unspecified atom stereocenters. The number of hydrogen-bond donors (Lipinski definition) is 3. The summed E-state index contributed by atoms with van der Waals surface area (Å²) < 4.78 is 53.1. The van der Waals surface area contributed by atoms with Crippen molar-refractivity contribution in [2.24, 2.45) is 0 Å². The molecule has 2 aliphatic rings. The molecule has 2 aliphatic heterocycles. The van der Waals surface area contributed by atoms with Crippen LogP contribution >= 0.6 is 23.2 Å². The van der Waals surface area contributed by atoms with Crippen LogP contribution in [0.25, 0.3) is 0 Å². The summed E-state index contributed by atoms with van der Waals surface area (Å²) in [5.74, 6) is -0.783. The number of carbonyl (C=O) groups is 2. The number of hydrogen-bond acceptors (Lipinski definition) is 7. The van der Waals surface area contributed by atoms with E-state index in [1.807, 2.05) is 24.3 Å². The van der Waals surface area contributed by atoms with Crippen LogP contribution < -0.4 is 20.7 Å². The number of rotatable bonds is 10. The molecule has 3 aromatic rings. The highest BCUT2D eigenvalue weighted by Gasteiger charge is 2.55. The smallest absolute Gasteiger partial charge is 0.416 e. The molecule has 240 valence electrons. The zero-order valence-corrected chi connectivity index (χ0v) is 26.1. The Balaban J connectivity index is 1.68. The minimum absolute atomic E-state index is 0.0520. The van der Waals surface area contributed by atoms with Crippen molar-refractivity contribution in [2.75, 3.05) is 39.9 Å². The average molecular weight is 666 g/mol. The number of ketones is 1. The number of Topliss-reactive ketones (excluding diaryl/α,β-unsaturated/α-hetero) is 1. The van der Waals surface area contributed by atoms with Crippen LogP contribution in [0.15, 0.2) is 66.7 Å². The minimum Gasteiger partial charge on any atom is -0.493 e. The van der Waals surface area contributed by atoms with Crippen molar-refractivity contribution >= 4 is 34.9 Å². The van der Waals surface area contributed by atoms with E-state index in [9.17, 15) is 22.8 Å². The number of carbonyl (C=O) groups excluding carboxylic acids is 2. The fourth-order valence-corrected chi connectivity index (χ4v) is 6.12. The molecule has 3 atom stereocenters. The largest absolute Gasteiger partial charge is 0.493 e. The lowest BCUT2D eigenvalue weighted by Crippen LogP contribution is -2.60. The van der Waals surface area contributed by atoms with Crippen LogP contribution in [0.3, 0.4) is 0 Å². The average Bonchev–Trinajstić information content (AvgIpc) is 3.42. The number of piperazine rings is 1. The molecule has 1 amide bonds. The van der Waals surface area contributed by atoms with Crippen LogP contribution in [-0.4, -0.2) is 62.6 Å². The van der Waals surface area contributed by atoms with Gasteiger partial charge in [0.2, 0.25) is 11.7 Å². The van der Waals surface area contributed by atoms with Gasteiger partial charge < -0.3 is 14.8 Å². The van der Waals surface area contributed by atoms with Crippen molar-refractivity contribution < 1.29 is 32.2 Å². The molecule has 2 saturated heterocycles. The van der Waals surface area contributed by atoms with Crippen LogP contribution in [0.2, 0.25) is 10.0 Å². The molecule has 0 aromatic heterocycles. The second-order valence-corrected chi connectivity index (χ2v) is 11.8. The van der Waals surface area contributed by atoms with E-state index in [-0.39, 0.29) is 36.9 Å². The Bertz CT molecular complexity index is 1470. The Hall–Kier alpha value is -3.19. The van der Waals surface area contributed by atoms with Crippen molar-refractivity contribution in [2.45, 2.75) is 37.0 Å². The third-order valence-electron chi connectivity index (χ3n) is 8.04. The second kappa shape index (κ2) is 13.7. The van der Waals surface area contributed by atoms with Crippen LogP contribution in [0.5, 0.6) is 5.75 Å². The lowest BCUT2D eigenvalue weighted by Gasteiger charge is -2.36. The Kier molecular flexibility index (Phi) is 10.1. The van der Waals surface area contributed by atoms with Gasteiger partial charge in [0.1, 0.15) is 11.9 Å². The summed E-state index contributed by atoms with van der Waals surface area (Å²) in [6.07, 6.45) is -5.72. The maximum atomic E-state index is 14.9. The van der Waals surface area contributed by atoms with Crippen LogP contribution in [0.4, 0.5) is 13.2 Å².